The summed E-state index contributed by atoms with van der Waals surface area (Å²) in [6.07, 6.45) is 0.647. The largest absolute Gasteiger partial charge is 0.464 e. The van der Waals surface area contributed by atoms with Crippen molar-refractivity contribution in [2.75, 3.05) is 24.7 Å². The molecule has 0 aromatic heterocycles. The molecule has 0 heterocycles. The zero-order valence-electron chi connectivity index (χ0n) is 17.5. The predicted molar refractivity (Wildman–Crippen MR) is 108 cm³/mol. The Kier molecular flexibility index (Phi) is 10.1. The minimum atomic E-state index is -1.43. The van der Waals surface area contributed by atoms with E-state index in [1.807, 2.05) is 24.3 Å². The fourth-order valence-corrected chi connectivity index (χ4v) is 2.86. The number of hydrogen-bond acceptors (Lipinski definition) is 6. The molecule has 0 saturated heterocycles. The number of nitrogens with one attached hydrogen (secondary N) is 1. The quantitative estimate of drug-likeness (QED) is 0.460. The lowest BCUT2D eigenvalue weighted by Crippen LogP contribution is -2.48. The molecule has 1 rings (SSSR count). The van der Waals surface area contributed by atoms with Gasteiger partial charge in [0, 0.05) is 24.7 Å². The van der Waals surface area contributed by atoms with E-state index >= 15 is 0 Å². The summed E-state index contributed by atoms with van der Waals surface area (Å²) in [7, 11) is 0. The molecule has 1 amide bonds. The van der Waals surface area contributed by atoms with Crippen molar-refractivity contribution in [3.05, 3.63) is 29.8 Å². The first-order valence-corrected chi connectivity index (χ1v) is 9.82. The fourth-order valence-electron chi connectivity index (χ4n) is 2.86. The van der Waals surface area contributed by atoms with Crippen LogP contribution in [0.4, 0.5) is 5.69 Å². The Morgan fingerprint density at radius 2 is 1.50 bits per heavy atom. The second-order valence-corrected chi connectivity index (χ2v) is 6.55. The zero-order chi connectivity index (χ0) is 21.1. The average Bonchev–Trinajstić information content (AvgIpc) is 2.66. The van der Waals surface area contributed by atoms with Gasteiger partial charge < -0.3 is 19.7 Å². The lowest BCUT2D eigenvalue weighted by molar-refractivity contribution is -0.159. The maximum atomic E-state index is 12.2. The smallest absolute Gasteiger partial charge is 0.340 e. The van der Waals surface area contributed by atoms with Crippen molar-refractivity contribution >= 4 is 23.5 Å². The van der Waals surface area contributed by atoms with Crippen LogP contribution in [0.3, 0.4) is 0 Å². The lowest BCUT2D eigenvalue weighted by atomic mass is 10.1. The van der Waals surface area contributed by atoms with Crippen LogP contribution in [-0.2, 0) is 30.3 Å². The van der Waals surface area contributed by atoms with Crippen LogP contribution in [0.2, 0.25) is 0 Å². The van der Waals surface area contributed by atoms with Gasteiger partial charge in [-0.1, -0.05) is 12.1 Å². The van der Waals surface area contributed by atoms with E-state index in [2.05, 4.69) is 31.0 Å². The third-order valence-electron chi connectivity index (χ3n) is 4.22. The molecule has 0 fully saturated rings. The van der Waals surface area contributed by atoms with Crippen LogP contribution in [0.5, 0.6) is 0 Å². The standard InChI is InChI=1S/C21H32N2O5/c1-6-23(15(4)5)17-12-9-16(10-13-17)11-14-18(24)22-19(20(25)27-7-2)21(26)28-8-3/h9-10,12-13,15,19H,6-8,11,14H2,1-5H3,(H,22,24). The maximum absolute atomic E-state index is 12.2. The summed E-state index contributed by atoms with van der Waals surface area (Å²) in [5, 5.41) is 2.41. The molecule has 1 aromatic rings. The molecule has 0 aliphatic rings. The molecule has 0 radical (unpaired) electrons. The van der Waals surface area contributed by atoms with E-state index in [9.17, 15) is 14.4 Å². The van der Waals surface area contributed by atoms with E-state index in [1.165, 1.54) is 0 Å². The van der Waals surface area contributed by atoms with Crippen molar-refractivity contribution < 1.29 is 23.9 Å². The van der Waals surface area contributed by atoms with Crippen LogP contribution >= 0.6 is 0 Å². The van der Waals surface area contributed by atoms with E-state index in [4.69, 9.17) is 9.47 Å². The molecular weight excluding hydrogens is 360 g/mol. The Morgan fingerprint density at radius 1 is 0.964 bits per heavy atom. The summed E-state index contributed by atoms with van der Waals surface area (Å²) in [6.45, 7) is 10.8. The van der Waals surface area contributed by atoms with Crippen LogP contribution in [-0.4, -0.2) is 49.7 Å². The van der Waals surface area contributed by atoms with Crippen molar-refractivity contribution in [3.8, 4) is 0 Å². The van der Waals surface area contributed by atoms with E-state index in [-0.39, 0.29) is 19.6 Å². The molecule has 0 saturated carbocycles. The number of ether oxygens (including phenoxy) is 2. The van der Waals surface area contributed by atoms with Crippen molar-refractivity contribution in [1.29, 1.82) is 0 Å². The van der Waals surface area contributed by atoms with Gasteiger partial charge in [-0.05, 0) is 58.7 Å². The predicted octanol–water partition coefficient (Wildman–Crippen LogP) is 2.46. The van der Waals surface area contributed by atoms with Gasteiger partial charge in [0.05, 0.1) is 13.2 Å². The van der Waals surface area contributed by atoms with Crippen LogP contribution < -0.4 is 10.2 Å². The highest BCUT2D eigenvalue weighted by Gasteiger charge is 2.31. The highest BCUT2D eigenvalue weighted by Crippen LogP contribution is 2.18. The first kappa shape index (κ1) is 23.5. The molecule has 28 heavy (non-hydrogen) atoms. The maximum Gasteiger partial charge on any atom is 0.340 e. The number of rotatable bonds is 11. The zero-order valence-corrected chi connectivity index (χ0v) is 17.5. The van der Waals surface area contributed by atoms with Gasteiger partial charge in [-0.2, -0.15) is 0 Å². The Labute approximate surface area is 167 Å². The molecule has 156 valence electrons. The highest BCUT2D eigenvalue weighted by molar-refractivity contribution is 6.02. The first-order valence-electron chi connectivity index (χ1n) is 9.82. The SMILES string of the molecule is CCOC(=O)C(NC(=O)CCc1ccc(N(CC)C(C)C)cc1)C(=O)OCC. The van der Waals surface area contributed by atoms with Gasteiger partial charge in [0.1, 0.15) is 0 Å². The number of nitrogens with zero attached hydrogens (tertiary/aromatic N) is 1. The third kappa shape index (κ3) is 7.21. The van der Waals surface area contributed by atoms with Crippen LogP contribution in [0.25, 0.3) is 0 Å². The molecule has 0 atom stereocenters. The molecular formula is C21H32N2O5. The number of carbonyl (C=O) groups is 3. The van der Waals surface area contributed by atoms with Crippen molar-refractivity contribution in [3.63, 3.8) is 0 Å². The van der Waals surface area contributed by atoms with Crippen molar-refractivity contribution in [2.24, 2.45) is 0 Å². The number of benzene rings is 1. The number of hydrogen-bond donors (Lipinski definition) is 1. The molecule has 0 spiro atoms. The average molecular weight is 392 g/mol. The first-order chi connectivity index (χ1) is 13.3. The van der Waals surface area contributed by atoms with Gasteiger partial charge in [0.25, 0.3) is 0 Å². The summed E-state index contributed by atoms with van der Waals surface area (Å²) in [5.74, 6) is -2.04. The second-order valence-electron chi connectivity index (χ2n) is 6.55. The van der Waals surface area contributed by atoms with Crippen LogP contribution in [0.15, 0.2) is 24.3 Å². The molecule has 0 bridgehead atoms. The Balaban J connectivity index is 2.66. The van der Waals surface area contributed by atoms with E-state index in [0.29, 0.717) is 12.5 Å². The molecule has 7 nitrogen and oxygen atoms in total. The lowest BCUT2D eigenvalue weighted by Gasteiger charge is -2.27. The molecule has 7 heteroatoms. The van der Waals surface area contributed by atoms with Gasteiger partial charge in [-0.25, -0.2) is 9.59 Å². The fraction of sp³-hybridized carbons (Fsp3) is 0.571. The van der Waals surface area contributed by atoms with Gasteiger partial charge in [-0.3, -0.25) is 4.79 Å². The Hall–Kier alpha value is -2.57. The number of aryl methyl sites for hydroxylation is 1. The summed E-state index contributed by atoms with van der Waals surface area (Å²) >= 11 is 0. The van der Waals surface area contributed by atoms with E-state index in [0.717, 1.165) is 17.8 Å². The molecule has 1 N–H and O–H groups in total. The van der Waals surface area contributed by atoms with Gasteiger partial charge in [0.2, 0.25) is 11.9 Å². The summed E-state index contributed by atoms with van der Waals surface area (Å²) in [6, 6.07) is 7.03. The topological polar surface area (TPSA) is 84.9 Å². The minimum Gasteiger partial charge on any atom is -0.464 e. The highest BCUT2D eigenvalue weighted by atomic mass is 16.6. The van der Waals surface area contributed by atoms with Gasteiger partial charge in [0.15, 0.2) is 0 Å². The number of esters is 2. The van der Waals surface area contributed by atoms with E-state index in [1.54, 1.807) is 13.8 Å². The number of carbonyl (C=O) groups excluding carboxylic acids is 3. The Bertz CT molecular complexity index is 625. The van der Waals surface area contributed by atoms with Crippen molar-refractivity contribution in [1.82, 2.24) is 5.32 Å². The number of anilines is 1. The van der Waals surface area contributed by atoms with Crippen LogP contribution in [0.1, 0.15) is 46.6 Å². The third-order valence-corrected chi connectivity index (χ3v) is 4.22. The van der Waals surface area contributed by atoms with Gasteiger partial charge >= 0.3 is 11.9 Å². The van der Waals surface area contributed by atoms with E-state index < -0.39 is 23.9 Å². The summed E-state index contributed by atoms with van der Waals surface area (Å²) in [5.41, 5.74) is 2.14. The number of amides is 1. The molecule has 0 aliphatic carbocycles. The van der Waals surface area contributed by atoms with Gasteiger partial charge in [-0.15, -0.1) is 0 Å². The van der Waals surface area contributed by atoms with Crippen LogP contribution in [0, 0.1) is 0 Å². The molecule has 0 unspecified atom stereocenters. The second kappa shape index (κ2) is 12.0. The normalized spacial score (nSPS) is 10.7. The summed E-state index contributed by atoms with van der Waals surface area (Å²) in [4.78, 5) is 38.3. The van der Waals surface area contributed by atoms with Crippen molar-refractivity contribution in [2.45, 2.75) is 59.5 Å². The molecule has 1 aromatic carbocycles. The summed E-state index contributed by atoms with van der Waals surface area (Å²) < 4.78 is 9.68. The minimum absolute atomic E-state index is 0.113. The Morgan fingerprint density at radius 3 is 1.93 bits per heavy atom. The monoisotopic (exact) mass is 392 g/mol. The molecule has 0 aliphatic heterocycles.